The lowest BCUT2D eigenvalue weighted by atomic mass is 9.87. The maximum Gasteiger partial charge on any atom is 0.534 e. The number of ether oxygens (including phenoxy) is 1. The fourth-order valence-electron chi connectivity index (χ4n) is 4.81. The summed E-state index contributed by atoms with van der Waals surface area (Å²) in [4.78, 5) is 27.1. The summed E-state index contributed by atoms with van der Waals surface area (Å²) in [6.45, 7) is 3.56. The molecule has 35 heavy (non-hydrogen) atoms. The number of benzene rings is 1. The molecule has 2 aliphatic heterocycles. The standard InChI is InChI=1S/C23H27F3N2O6S/c1-14-11-18-19(27(2)21(14)29)12-17(13-20(18)34-35(31,32)23(24,25)26)15-3-7-28(8-4-15)22(30)16-5-9-33-10-6-16/h11-13,15-16H,3-10H2,1-2H3. The summed E-state index contributed by atoms with van der Waals surface area (Å²) >= 11 is 0. The Hall–Kier alpha value is -2.60. The highest BCUT2D eigenvalue weighted by molar-refractivity contribution is 7.88. The largest absolute Gasteiger partial charge is 0.534 e. The molecule has 0 spiro atoms. The molecule has 2 aromatic rings. The molecule has 3 heterocycles. The smallest absolute Gasteiger partial charge is 0.381 e. The number of hydrogen-bond donors (Lipinski definition) is 0. The average molecular weight is 517 g/mol. The van der Waals surface area contributed by atoms with E-state index in [4.69, 9.17) is 4.74 Å². The third-order valence-electron chi connectivity index (χ3n) is 6.84. The van der Waals surface area contributed by atoms with E-state index in [0.717, 1.165) is 0 Å². The van der Waals surface area contributed by atoms with Crippen LogP contribution in [0.25, 0.3) is 10.9 Å². The van der Waals surface area contributed by atoms with E-state index in [9.17, 15) is 31.2 Å². The molecule has 0 N–H and O–H groups in total. The molecular formula is C23H27F3N2O6S. The van der Waals surface area contributed by atoms with Gasteiger partial charge in [-0.2, -0.15) is 21.6 Å². The van der Waals surface area contributed by atoms with Crippen molar-refractivity contribution in [2.75, 3.05) is 26.3 Å². The predicted octanol–water partition coefficient (Wildman–Crippen LogP) is 3.21. The van der Waals surface area contributed by atoms with Crippen molar-refractivity contribution >= 4 is 26.9 Å². The number of hydrogen-bond acceptors (Lipinski definition) is 6. The first-order valence-electron chi connectivity index (χ1n) is 11.4. The lowest BCUT2D eigenvalue weighted by Gasteiger charge is -2.35. The van der Waals surface area contributed by atoms with Gasteiger partial charge in [0.25, 0.3) is 5.56 Å². The summed E-state index contributed by atoms with van der Waals surface area (Å²) in [6.07, 6.45) is 2.47. The number of aromatic nitrogens is 1. The van der Waals surface area contributed by atoms with E-state index in [1.807, 2.05) is 0 Å². The minimum atomic E-state index is -5.91. The van der Waals surface area contributed by atoms with E-state index in [0.29, 0.717) is 57.6 Å². The van der Waals surface area contributed by atoms with Crippen LogP contribution in [0.5, 0.6) is 5.75 Å². The number of halogens is 3. The molecule has 1 aromatic heterocycles. The van der Waals surface area contributed by atoms with Crippen molar-refractivity contribution in [2.24, 2.45) is 13.0 Å². The number of carbonyl (C=O) groups is 1. The maximum atomic E-state index is 13.1. The van der Waals surface area contributed by atoms with Gasteiger partial charge in [0.15, 0.2) is 5.75 Å². The van der Waals surface area contributed by atoms with Gasteiger partial charge >= 0.3 is 15.6 Å². The number of alkyl halides is 3. The Morgan fingerprint density at radius 3 is 2.31 bits per heavy atom. The molecule has 4 rings (SSSR count). The summed E-state index contributed by atoms with van der Waals surface area (Å²) < 4.78 is 73.9. The molecule has 2 fully saturated rings. The first-order chi connectivity index (χ1) is 16.4. The minimum absolute atomic E-state index is 0.0636. The zero-order valence-electron chi connectivity index (χ0n) is 19.4. The highest BCUT2D eigenvalue weighted by Gasteiger charge is 2.49. The number of rotatable bonds is 4. The van der Waals surface area contributed by atoms with Gasteiger partial charge in [0.2, 0.25) is 5.91 Å². The predicted molar refractivity (Wildman–Crippen MR) is 122 cm³/mol. The summed E-state index contributed by atoms with van der Waals surface area (Å²) in [5.74, 6) is -0.602. The zero-order chi connectivity index (χ0) is 25.5. The number of nitrogens with zero attached hydrogens (tertiary/aromatic N) is 2. The fraction of sp³-hybridized carbons (Fsp3) is 0.565. The SMILES string of the molecule is Cc1cc2c(OS(=O)(=O)C(F)(F)F)cc(C3CCN(C(=O)C4CCOCC4)CC3)cc2n(C)c1=O. The van der Waals surface area contributed by atoms with Crippen molar-refractivity contribution in [1.82, 2.24) is 9.47 Å². The van der Waals surface area contributed by atoms with Crippen molar-refractivity contribution in [3.8, 4) is 5.75 Å². The minimum Gasteiger partial charge on any atom is -0.381 e. The molecule has 0 saturated carbocycles. The summed E-state index contributed by atoms with van der Waals surface area (Å²) in [6, 6.07) is 4.32. The van der Waals surface area contributed by atoms with Gasteiger partial charge in [0, 0.05) is 50.2 Å². The van der Waals surface area contributed by atoms with Gasteiger partial charge < -0.3 is 18.4 Å². The van der Waals surface area contributed by atoms with E-state index in [1.165, 1.54) is 30.7 Å². The van der Waals surface area contributed by atoms with Gasteiger partial charge in [-0.15, -0.1) is 0 Å². The second-order valence-corrected chi connectivity index (χ2v) is 10.7. The monoisotopic (exact) mass is 516 g/mol. The Morgan fingerprint density at radius 2 is 1.71 bits per heavy atom. The van der Waals surface area contributed by atoms with Crippen LogP contribution in [0, 0.1) is 12.8 Å². The van der Waals surface area contributed by atoms with Gasteiger partial charge in [-0.1, -0.05) is 0 Å². The van der Waals surface area contributed by atoms with E-state index in [2.05, 4.69) is 4.18 Å². The van der Waals surface area contributed by atoms with Crippen molar-refractivity contribution in [3.63, 3.8) is 0 Å². The van der Waals surface area contributed by atoms with Crippen LogP contribution >= 0.6 is 0 Å². The second kappa shape index (κ2) is 9.45. The number of carbonyl (C=O) groups excluding carboxylic acids is 1. The Balaban J connectivity index is 1.65. The molecule has 0 aliphatic carbocycles. The Bertz CT molecular complexity index is 1290. The van der Waals surface area contributed by atoms with Gasteiger partial charge in [-0.3, -0.25) is 9.59 Å². The van der Waals surface area contributed by atoms with Crippen molar-refractivity contribution in [1.29, 1.82) is 0 Å². The van der Waals surface area contributed by atoms with Crippen LogP contribution in [0.1, 0.15) is 42.7 Å². The van der Waals surface area contributed by atoms with Crippen LogP contribution < -0.4 is 9.74 Å². The number of fused-ring (bicyclic) bond motifs is 1. The quantitative estimate of drug-likeness (QED) is 0.458. The molecule has 0 radical (unpaired) electrons. The number of pyridine rings is 1. The average Bonchev–Trinajstić information content (AvgIpc) is 2.82. The molecule has 0 atom stereocenters. The van der Waals surface area contributed by atoms with Crippen LogP contribution in [-0.2, 0) is 26.7 Å². The van der Waals surface area contributed by atoms with Gasteiger partial charge in [-0.05, 0) is 62.3 Å². The highest BCUT2D eigenvalue weighted by atomic mass is 32.2. The zero-order valence-corrected chi connectivity index (χ0v) is 20.2. The third kappa shape index (κ3) is 5.04. The van der Waals surface area contributed by atoms with Crippen LogP contribution in [-0.4, -0.2) is 55.6 Å². The topological polar surface area (TPSA) is 94.9 Å². The highest BCUT2D eigenvalue weighted by Crippen LogP contribution is 2.37. The molecule has 0 unspecified atom stereocenters. The second-order valence-electron chi connectivity index (χ2n) is 9.11. The van der Waals surface area contributed by atoms with Gasteiger partial charge in [-0.25, -0.2) is 0 Å². The molecule has 2 saturated heterocycles. The van der Waals surface area contributed by atoms with E-state index in [-0.39, 0.29) is 39.8 Å². The molecule has 12 heteroatoms. The van der Waals surface area contributed by atoms with Crippen molar-refractivity contribution in [2.45, 2.75) is 44.0 Å². The first kappa shape index (κ1) is 25.5. The maximum absolute atomic E-state index is 13.1. The Kier molecular flexibility index (Phi) is 6.89. The normalized spacial score (nSPS) is 18.7. The molecule has 1 amide bonds. The first-order valence-corrected chi connectivity index (χ1v) is 12.8. The van der Waals surface area contributed by atoms with Crippen LogP contribution in [0.4, 0.5) is 13.2 Å². The third-order valence-corrected chi connectivity index (χ3v) is 7.80. The molecule has 0 bridgehead atoms. The summed E-state index contributed by atoms with van der Waals surface area (Å²) in [5.41, 5.74) is -4.88. The van der Waals surface area contributed by atoms with Crippen LogP contribution in [0.2, 0.25) is 0 Å². The van der Waals surface area contributed by atoms with E-state index >= 15 is 0 Å². The molecular weight excluding hydrogens is 489 g/mol. The summed E-state index contributed by atoms with van der Waals surface area (Å²) in [7, 11) is -4.44. The lowest BCUT2D eigenvalue weighted by molar-refractivity contribution is -0.139. The molecule has 2 aliphatic rings. The summed E-state index contributed by atoms with van der Waals surface area (Å²) in [5, 5.41) is 0.0910. The number of likely N-dealkylation sites (tertiary alicyclic amines) is 1. The van der Waals surface area contributed by atoms with Gasteiger partial charge in [0.1, 0.15) is 0 Å². The molecule has 8 nitrogen and oxygen atoms in total. The van der Waals surface area contributed by atoms with Crippen LogP contribution in [0.15, 0.2) is 23.0 Å². The van der Waals surface area contributed by atoms with E-state index in [1.54, 1.807) is 11.0 Å². The van der Waals surface area contributed by atoms with Crippen LogP contribution in [0.3, 0.4) is 0 Å². The van der Waals surface area contributed by atoms with Crippen molar-refractivity contribution in [3.05, 3.63) is 39.7 Å². The Morgan fingerprint density at radius 1 is 1.09 bits per heavy atom. The number of aryl methyl sites for hydroxylation is 2. The van der Waals surface area contributed by atoms with E-state index < -0.39 is 21.4 Å². The Labute approximate surface area is 200 Å². The number of amides is 1. The van der Waals surface area contributed by atoms with Crippen molar-refractivity contribution < 1.29 is 35.3 Å². The molecule has 192 valence electrons. The van der Waals surface area contributed by atoms with Gasteiger partial charge in [0.05, 0.1) is 5.52 Å². The number of piperidine rings is 1. The fourth-order valence-corrected chi connectivity index (χ4v) is 5.28. The molecule has 1 aromatic carbocycles. The lowest BCUT2D eigenvalue weighted by Crippen LogP contribution is -2.42.